The summed E-state index contributed by atoms with van der Waals surface area (Å²) in [5, 5.41) is 22.3. The number of fused-ring (bicyclic) bond motifs is 5. The molecule has 1 aliphatic carbocycles. The first-order chi connectivity index (χ1) is 11.6. The fourth-order valence-electron chi connectivity index (χ4n) is 4.30. The summed E-state index contributed by atoms with van der Waals surface area (Å²) < 4.78 is 7.89. The fraction of sp³-hybridized carbons (Fsp3) is 0.450. The van der Waals surface area contributed by atoms with Crippen LogP contribution in [0.2, 0.25) is 0 Å². The van der Waals surface area contributed by atoms with Crippen LogP contribution in [0.15, 0.2) is 41.2 Å². The zero-order valence-corrected chi connectivity index (χ0v) is 14.9. The van der Waals surface area contributed by atoms with Gasteiger partial charge in [-0.15, -0.1) is 0 Å². The smallest absolute Gasteiger partial charge is 0.258 e. The number of hydrogen-bond acceptors (Lipinski definition) is 4. The van der Waals surface area contributed by atoms with Crippen LogP contribution in [0.1, 0.15) is 32.3 Å². The van der Waals surface area contributed by atoms with Gasteiger partial charge in [0.25, 0.3) is 5.56 Å². The van der Waals surface area contributed by atoms with Crippen LogP contribution < -0.4 is 10.3 Å². The van der Waals surface area contributed by atoms with E-state index in [1.54, 1.807) is 24.6 Å². The van der Waals surface area contributed by atoms with E-state index in [1.807, 2.05) is 44.2 Å². The lowest BCUT2D eigenvalue weighted by atomic mass is 9.65. The Kier molecular flexibility index (Phi) is 3.25. The highest BCUT2D eigenvalue weighted by molar-refractivity contribution is 5.87. The second-order valence-electron chi connectivity index (χ2n) is 7.91. The van der Waals surface area contributed by atoms with Gasteiger partial charge in [-0.05, 0) is 32.9 Å². The molecule has 0 amide bonds. The summed E-state index contributed by atoms with van der Waals surface area (Å²) in [4.78, 5) is 13.1. The molecule has 132 valence electrons. The quantitative estimate of drug-likeness (QED) is 0.720. The molecule has 0 fully saturated rings. The molecule has 4 rings (SSSR count). The van der Waals surface area contributed by atoms with Crippen molar-refractivity contribution in [1.82, 2.24) is 4.57 Å². The summed E-state index contributed by atoms with van der Waals surface area (Å²) in [5.41, 5.74) is -0.955. The maximum Gasteiger partial charge on any atom is 0.258 e. The van der Waals surface area contributed by atoms with Gasteiger partial charge >= 0.3 is 0 Å². The molecule has 2 aromatic rings. The molecule has 0 saturated carbocycles. The first kappa shape index (κ1) is 16.4. The Labute approximate surface area is 146 Å². The van der Waals surface area contributed by atoms with Gasteiger partial charge in [-0.25, -0.2) is 0 Å². The van der Waals surface area contributed by atoms with Crippen molar-refractivity contribution in [1.29, 1.82) is 0 Å². The third-order valence-corrected chi connectivity index (χ3v) is 5.76. The van der Waals surface area contributed by atoms with Gasteiger partial charge < -0.3 is 19.5 Å². The van der Waals surface area contributed by atoms with Gasteiger partial charge in [0.1, 0.15) is 17.0 Å². The molecule has 5 heteroatoms. The number of pyridine rings is 1. The molecule has 2 aliphatic rings. The third-order valence-electron chi connectivity index (χ3n) is 5.76. The van der Waals surface area contributed by atoms with Gasteiger partial charge in [0.05, 0.1) is 17.2 Å². The highest BCUT2D eigenvalue weighted by Crippen LogP contribution is 2.51. The molecule has 4 atom stereocenters. The zero-order valence-electron chi connectivity index (χ0n) is 14.9. The third kappa shape index (κ3) is 2.12. The molecule has 2 N–H and O–H groups in total. The van der Waals surface area contributed by atoms with Gasteiger partial charge in [-0.2, -0.15) is 0 Å². The molecule has 0 radical (unpaired) electrons. The number of benzene rings is 1. The Morgan fingerprint density at radius 3 is 2.60 bits per heavy atom. The van der Waals surface area contributed by atoms with E-state index in [9.17, 15) is 15.0 Å². The molecule has 0 bridgehead atoms. The van der Waals surface area contributed by atoms with Crippen LogP contribution in [0.25, 0.3) is 10.9 Å². The second-order valence-corrected chi connectivity index (χ2v) is 7.91. The van der Waals surface area contributed by atoms with Crippen LogP contribution in [-0.4, -0.2) is 32.1 Å². The maximum atomic E-state index is 13.1. The minimum absolute atomic E-state index is 0.190. The van der Waals surface area contributed by atoms with Crippen molar-refractivity contribution < 1.29 is 14.9 Å². The Morgan fingerprint density at radius 2 is 1.88 bits per heavy atom. The fourth-order valence-corrected chi connectivity index (χ4v) is 4.30. The predicted molar refractivity (Wildman–Crippen MR) is 95.9 cm³/mol. The monoisotopic (exact) mass is 341 g/mol. The lowest BCUT2D eigenvalue weighted by Gasteiger charge is -2.49. The summed E-state index contributed by atoms with van der Waals surface area (Å²) in [5.74, 6) is -0.207. The number of aliphatic hydroxyl groups excluding tert-OH is 1. The summed E-state index contributed by atoms with van der Waals surface area (Å²) >= 11 is 0. The summed E-state index contributed by atoms with van der Waals surface area (Å²) in [7, 11) is 1.73. The Morgan fingerprint density at radius 1 is 1.20 bits per heavy atom. The number of aliphatic hydroxyl groups is 2. The summed E-state index contributed by atoms with van der Waals surface area (Å²) in [6, 6.07) is 7.59. The number of nitrogens with zero attached hydrogens (tertiary/aromatic N) is 1. The van der Waals surface area contributed by atoms with Gasteiger partial charge in [0.15, 0.2) is 0 Å². The Bertz CT molecular complexity index is 954. The number of ether oxygens (including phenoxy) is 1. The van der Waals surface area contributed by atoms with Crippen LogP contribution in [0.4, 0.5) is 0 Å². The molecule has 25 heavy (non-hydrogen) atoms. The van der Waals surface area contributed by atoms with E-state index in [2.05, 4.69) is 0 Å². The number of aromatic nitrogens is 1. The minimum Gasteiger partial charge on any atom is -0.486 e. The zero-order chi connectivity index (χ0) is 18.1. The largest absolute Gasteiger partial charge is 0.486 e. The van der Waals surface area contributed by atoms with Gasteiger partial charge in [-0.1, -0.05) is 24.3 Å². The lowest BCUT2D eigenvalue weighted by Crippen LogP contribution is -2.56. The number of aryl methyl sites for hydroxylation is 1. The van der Waals surface area contributed by atoms with Crippen molar-refractivity contribution in [2.45, 2.75) is 44.0 Å². The molecule has 1 aromatic heterocycles. The molecule has 0 spiro atoms. The molecule has 0 unspecified atom stereocenters. The summed E-state index contributed by atoms with van der Waals surface area (Å²) in [6.45, 7) is 5.48. The normalized spacial score (nSPS) is 32.8. The van der Waals surface area contributed by atoms with Crippen molar-refractivity contribution in [2.75, 3.05) is 0 Å². The molecule has 0 saturated heterocycles. The number of rotatable bonds is 0. The topological polar surface area (TPSA) is 71.7 Å². The molecule has 1 aromatic carbocycles. The number of hydrogen-bond donors (Lipinski definition) is 2. The molecular formula is C20H23NO4. The Balaban J connectivity index is 2.11. The van der Waals surface area contributed by atoms with E-state index in [4.69, 9.17) is 4.74 Å². The van der Waals surface area contributed by atoms with Crippen LogP contribution in [0.5, 0.6) is 5.75 Å². The maximum absolute atomic E-state index is 13.1. The average Bonchev–Trinajstić information content (AvgIpc) is 2.55. The van der Waals surface area contributed by atoms with E-state index in [0.29, 0.717) is 11.3 Å². The van der Waals surface area contributed by atoms with E-state index in [0.717, 1.165) is 10.9 Å². The average molecular weight is 341 g/mol. The molecule has 1 aliphatic heterocycles. The SMILES string of the molecule is Cn1c(=O)c2c(c3ccccc31)OC(C)(C)[C@H]1C=C[C@](C)(O)[C@H](O)[C@H]21. The molecule has 5 nitrogen and oxygen atoms in total. The van der Waals surface area contributed by atoms with Crippen LogP contribution in [0.3, 0.4) is 0 Å². The van der Waals surface area contributed by atoms with Crippen molar-refractivity contribution in [3.05, 3.63) is 52.3 Å². The highest BCUT2D eigenvalue weighted by atomic mass is 16.5. The Hall–Kier alpha value is -2.11. The standard InChI is InChI=1S/C20H23NO4/c1-19(2)12-9-10-20(3,24)17(22)14(12)15-16(25-19)11-7-5-6-8-13(11)21(4)18(15)23/h5-10,12,14,17,22,24H,1-4H3/t12-,14-,17+,20-/m0/s1. The predicted octanol–water partition coefficient (Wildman–Crippen LogP) is 2.09. The second kappa shape index (κ2) is 4.96. The minimum atomic E-state index is -1.39. The van der Waals surface area contributed by atoms with Gasteiger partial charge in [0, 0.05) is 24.3 Å². The summed E-state index contributed by atoms with van der Waals surface area (Å²) in [6.07, 6.45) is 2.40. The highest BCUT2D eigenvalue weighted by Gasteiger charge is 2.53. The van der Waals surface area contributed by atoms with Crippen molar-refractivity contribution >= 4 is 10.9 Å². The molecule has 2 heterocycles. The van der Waals surface area contributed by atoms with Crippen LogP contribution in [-0.2, 0) is 7.05 Å². The van der Waals surface area contributed by atoms with Crippen LogP contribution >= 0.6 is 0 Å². The van der Waals surface area contributed by atoms with Gasteiger partial charge in [0.2, 0.25) is 0 Å². The number of para-hydroxylation sites is 1. The van der Waals surface area contributed by atoms with E-state index < -0.39 is 23.2 Å². The van der Waals surface area contributed by atoms with Crippen molar-refractivity contribution in [3.63, 3.8) is 0 Å². The first-order valence-electron chi connectivity index (χ1n) is 8.55. The molecular weight excluding hydrogens is 318 g/mol. The van der Waals surface area contributed by atoms with Gasteiger partial charge in [-0.3, -0.25) is 4.79 Å². The van der Waals surface area contributed by atoms with E-state index in [1.165, 1.54) is 0 Å². The van der Waals surface area contributed by atoms with E-state index >= 15 is 0 Å². The van der Waals surface area contributed by atoms with Crippen LogP contribution in [0, 0.1) is 5.92 Å². The van der Waals surface area contributed by atoms with E-state index in [-0.39, 0.29) is 11.5 Å². The lowest BCUT2D eigenvalue weighted by molar-refractivity contribution is -0.0855. The first-order valence-corrected chi connectivity index (χ1v) is 8.55. The van der Waals surface area contributed by atoms with Crippen molar-refractivity contribution in [3.8, 4) is 5.75 Å². The van der Waals surface area contributed by atoms with Crippen molar-refractivity contribution in [2.24, 2.45) is 13.0 Å².